The van der Waals surface area contributed by atoms with Gasteiger partial charge in [0, 0.05) is 24.2 Å². The Balaban J connectivity index is 1.66. The molecule has 0 aromatic heterocycles. The summed E-state index contributed by atoms with van der Waals surface area (Å²) in [5.74, 6) is 0.937. The third-order valence-electron chi connectivity index (χ3n) is 5.37. The van der Waals surface area contributed by atoms with Gasteiger partial charge in [-0.3, -0.25) is 14.9 Å². The second-order valence-corrected chi connectivity index (χ2v) is 7.25. The van der Waals surface area contributed by atoms with Crippen LogP contribution in [0.15, 0.2) is 72.8 Å². The summed E-state index contributed by atoms with van der Waals surface area (Å²) in [5, 5.41) is 8.92. The van der Waals surface area contributed by atoms with Gasteiger partial charge in [-0.1, -0.05) is 48.5 Å². The van der Waals surface area contributed by atoms with Gasteiger partial charge in [0.2, 0.25) is 0 Å². The van der Waals surface area contributed by atoms with Crippen LogP contribution in [0.1, 0.15) is 33.1 Å². The van der Waals surface area contributed by atoms with Crippen LogP contribution < -0.4 is 15.0 Å². The number of rotatable bonds is 5. The number of hydroxylamine groups is 1. The number of hydrogen-bond acceptors (Lipinski definition) is 5. The maximum atomic E-state index is 11.8. The maximum Gasteiger partial charge on any atom is 0.274 e. The van der Waals surface area contributed by atoms with Crippen molar-refractivity contribution in [2.24, 2.45) is 0 Å². The van der Waals surface area contributed by atoms with Gasteiger partial charge in [0.05, 0.1) is 13.2 Å². The molecular formula is C24H24N2O4. The fourth-order valence-corrected chi connectivity index (χ4v) is 3.74. The lowest BCUT2D eigenvalue weighted by Gasteiger charge is -2.29. The molecule has 3 aromatic carbocycles. The van der Waals surface area contributed by atoms with E-state index in [4.69, 9.17) is 14.7 Å². The molecule has 6 heteroatoms. The highest BCUT2D eigenvalue weighted by Crippen LogP contribution is 2.33. The van der Waals surface area contributed by atoms with E-state index in [1.807, 2.05) is 36.4 Å². The lowest BCUT2D eigenvalue weighted by Crippen LogP contribution is -2.30. The van der Waals surface area contributed by atoms with Crippen molar-refractivity contribution < 1.29 is 19.5 Å². The first-order valence-corrected chi connectivity index (χ1v) is 9.80. The highest BCUT2D eigenvalue weighted by molar-refractivity contribution is 5.93. The Kier molecular flexibility index (Phi) is 5.97. The van der Waals surface area contributed by atoms with Crippen LogP contribution in [-0.2, 0) is 13.1 Å². The monoisotopic (exact) mass is 404 g/mol. The molecule has 0 bridgehead atoms. The molecule has 0 saturated carbocycles. The van der Waals surface area contributed by atoms with Crippen molar-refractivity contribution in [1.82, 2.24) is 10.4 Å². The molecule has 0 spiro atoms. The van der Waals surface area contributed by atoms with Gasteiger partial charge in [0.1, 0.15) is 18.1 Å². The van der Waals surface area contributed by atoms with Crippen LogP contribution in [0.5, 0.6) is 11.5 Å². The number of carbonyl (C=O) groups excluding carboxylic acids is 1. The standard InChI is InChI=1S/C24H24N2O4/c1-29-21-11-7-17(8-12-21)14-26-15-20-10-9-19(24(27)25-28)13-23(20)30-16-22(26)18-5-3-2-4-6-18/h2-13,22,28H,14-16H2,1H3,(H,25,27)/t22-/m0/s1. The van der Waals surface area contributed by atoms with E-state index in [9.17, 15) is 4.79 Å². The summed E-state index contributed by atoms with van der Waals surface area (Å²) in [5.41, 5.74) is 5.38. The minimum absolute atomic E-state index is 0.0517. The molecule has 0 unspecified atom stereocenters. The third-order valence-corrected chi connectivity index (χ3v) is 5.37. The number of nitrogens with one attached hydrogen (secondary N) is 1. The van der Waals surface area contributed by atoms with Crippen LogP contribution >= 0.6 is 0 Å². The number of fused-ring (bicyclic) bond motifs is 1. The van der Waals surface area contributed by atoms with Gasteiger partial charge < -0.3 is 9.47 Å². The van der Waals surface area contributed by atoms with Crippen LogP contribution in [-0.4, -0.2) is 29.7 Å². The first kappa shape index (κ1) is 19.9. The van der Waals surface area contributed by atoms with Crippen LogP contribution in [0.25, 0.3) is 0 Å². The summed E-state index contributed by atoms with van der Waals surface area (Å²) in [6.45, 7) is 1.87. The number of methoxy groups -OCH3 is 1. The molecule has 1 amide bonds. The zero-order chi connectivity index (χ0) is 20.9. The first-order chi connectivity index (χ1) is 14.7. The minimum Gasteiger partial charge on any atom is -0.497 e. The van der Waals surface area contributed by atoms with Crippen LogP contribution in [0.3, 0.4) is 0 Å². The minimum atomic E-state index is -0.555. The molecule has 154 valence electrons. The highest BCUT2D eigenvalue weighted by Gasteiger charge is 2.27. The molecule has 6 nitrogen and oxygen atoms in total. The molecule has 0 aliphatic carbocycles. The average molecular weight is 404 g/mol. The molecule has 3 aromatic rings. The highest BCUT2D eigenvalue weighted by atomic mass is 16.5. The van der Waals surface area contributed by atoms with Gasteiger partial charge in [-0.2, -0.15) is 0 Å². The first-order valence-electron chi connectivity index (χ1n) is 9.80. The van der Waals surface area contributed by atoms with E-state index in [1.165, 1.54) is 11.1 Å². The van der Waals surface area contributed by atoms with E-state index in [2.05, 4.69) is 29.2 Å². The Morgan fingerprint density at radius 1 is 1.13 bits per heavy atom. The zero-order valence-electron chi connectivity index (χ0n) is 16.7. The molecular weight excluding hydrogens is 380 g/mol. The van der Waals surface area contributed by atoms with Crippen molar-refractivity contribution in [3.8, 4) is 11.5 Å². The van der Waals surface area contributed by atoms with Crippen LogP contribution in [0.4, 0.5) is 0 Å². The summed E-state index contributed by atoms with van der Waals surface area (Å²) in [7, 11) is 1.66. The molecule has 1 atom stereocenters. The SMILES string of the molecule is COc1ccc(CN2Cc3ccc(C(=O)NO)cc3OC[C@H]2c2ccccc2)cc1. The van der Waals surface area contributed by atoms with Crippen molar-refractivity contribution >= 4 is 5.91 Å². The van der Waals surface area contributed by atoms with Crippen molar-refractivity contribution in [2.75, 3.05) is 13.7 Å². The second-order valence-electron chi connectivity index (χ2n) is 7.25. The average Bonchev–Trinajstić information content (AvgIpc) is 2.98. The Labute approximate surface area is 175 Å². The predicted octanol–water partition coefficient (Wildman–Crippen LogP) is 3.95. The molecule has 1 heterocycles. The maximum absolute atomic E-state index is 11.8. The van der Waals surface area contributed by atoms with E-state index in [1.54, 1.807) is 24.7 Å². The Morgan fingerprint density at radius 3 is 2.60 bits per heavy atom. The Bertz CT molecular complexity index is 1010. The fraction of sp³-hybridized carbons (Fsp3) is 0.208. The summed E-state index contributed by atoms with van der Waals surface area (Å²) in [6, 6.07) is 23.7. The molecule has 1 aliphatic rings. The van der Waals surface area contributed by atoms with E-state index in [0.717, 1.165) is 17.9 Å². The lowest BCUT2D eigenvalue weighted by atomic mass is 10.0. The van der Waals surface area contributed by atoms with Gasteiger partial charge >= 0.3 is 0 Å². The molecule has 4 rings (SSSR count). The molecule has 0 fully saturated rings. The van der Waals surface area contributed by atoms with Crippen molar-refractivity contribution in [3.63, 3.8) is 0 Å². The van der Waals surface area contributed by atoms with E-state index in [-0.39, 0.29) is 6.04 Å². The lowest BCUT2D eigenvalue weighted by molar-refractivity contribution is 0.0706. The van der Waals surface area contributed by atoms with Crippen molar-refractivity contribution in [1.29, 1.82) is 0 Å². The Hall–Kier alpha value is -3.35. The number of amides is 1. The van der Waals surface area contributed by atoms with Gasteiger partial charge in [-0.25, -0.2) is 5.48 Å². The second kappa shape index (κ2) is 8.98. The predicted molar refractivity (Wildman–Crippen MR) is 113 cm³/mol. The molecule has 0 radical (unpaired) electrons. The summed E-state index contributed by atoms with van der Waals surface area (Å²) >= 11 is 0. The number of benzene rings is 3. The number of hydrogen-bond donors (Lipinski definition) is 2. The molecule has 30 heavy (non-hydrogen) atoms. The topological polar surface area (TPSA) is 71.0 Å². The smallest absolute Gasteiger partial charge is 0.274 e. The summed E-state index contributed by atoms with van der Waals surface area (Å²) in [4.78, 5) is 14.2. The van der Waals surface area contributed by atoms with Crippen LogP contribution in [0, 0.1) is 0 Å². The normalized spacial score (nSPS) is 16.1. The number of nitrogens with zero attached hydrogens (tertiary/aromatic N) is 1. The summed E-state index contributed by atoms with van der Waals surface area (Å²) < 4.78 is 11.4. The largest absolute Gasteiger partial charge is 0.497 e. The molecule has 1 aliphatic heterocycles. The zero-order valence-corrected chi connectivity index (χ0v) is 16.7. The van der Waals surface area contributed by atoms with Crippen molar-refractivity contribution in [3.05, 3.63) is 95.1 Å². The third kappa shape index (κ3) is 4.30. The van der Waals surface area contributed by atoms with Gasteiger partial charge in [-0.15, -0.1) is 0 Å². The molecule has 2 N–H and O–H groups in total. The van der Waals surface area contributed by atoms with E-state index >= 15 is 0 Å². The number of carbonyl (C=O) groups is 1. The number of ether oxygens (including phenoxy) is 2. The van der Waals surface area contributed by atoms with Gasteiger partial charge in [0.15, 0.2) is 0 Å². The van der Waals surface area contributed by atoms with Crippen LogP contribution in [0.2, 0.25) is 0 Å². The van der Waals surface area contributed by atoms with Crippen molar-refractivity contribution in [2.45, 2.75) is 19.1 Å². The molecule has 0 saturated heterocycles. The van der Waals surface area contributed by atoms with Gasteiger partial charge in [-0.05, 0) is 35.4 Å². The fourth-order valence-electron chi connectivity index (χ4n) is 3.74. The Morgan fingerprint density at radius 2 is 1.90 bits per heavy atom. The quantitative estimate of drug-likeness (QED) is 0.498. The van der Waals surface area contributed by atoms with E-state index in [0.29, 0.717) is 24.5 Å². The summed E-state index contributed by atoms with van der Waals surface area (Å²) in [6.07, 6.45) is 0. The van der Waals surface area contributed by atoms with Gasteiger partial charge in [0.25, 0.3) is 5.91 Å². The van der Waals surface area contributed by atoms with E-state index < -0.39 is 5.91 Å².